The number of unbranched alkanes of at least 4 members (excludes halogenated alkanes) is 1. The molecule has 0 unspecified atom stereocenters. The van der Waals surface area contributed by atoms with Crippen molar-refractivity contribution in [2.45, 2.75) is 44.8 Å². The lowest BCUT2D eigenvalue weighted by atomic mass is 10.0. The van der Waals surface area contributed by atoms with Gasteiger partial charge in [-0.1, -0.05) is 13.3 Å². The molecule has 21 heavy (non-hydrogen) atoms. The fourth-order valence-electron chi connectivity index (χ4n) is 2.42. The first-order chi connectivity index (χ1) is 9.84. The predicted octanol–water partition coefficient (Wildman–Crippen LogP) is 3.76. The summed E-state index contributed by atoms with van der Waals surface area (Å²) >= 11 is 0. The molecule has 0 radical (unpaired) electrons. The molecule has 1 fully saturated rings. The second kappa shape index (κ2) is 5.95. The Morgan fingerprint density at radius 1 is 1.38 bits per heavy atom. The smallest absolute Gasteiger partial charge is 0.384 e. The number of rotatable bonds is 6. The Morgan fingerprint density at radius 3 is 2.52 bits per heavy atom. The molecule has 0 aromatic heterocycles. The van der Waals surface area contributed by atoms with Crippen molar-refractivity contribution >= 4 is 11.5 Å². The Labute approximate surface area is 122 Å². The van der Waals surface area contributed by atoms with Gasteiger partial charge < -0.3 is 10.6 Å². The van der Waals surface area contributed by atoms with Crippen molar-refractivity contribution in [1.29, 1.82) is 5.41 Å². The van der Waals surface area contributed by atoms with E-state index in [0.717, 1.165) is 44.0 Å². The highest BCUT2D eigenvalue weighted by Gasteiger charge is 2.35. The molecule has 1 aliphatic rings. The van der Waals surface area contributed by atoms with Gasteiger partial charge in [0.25, 0.3) is 0 Å². The summed E-state index contributed by atoms with van der Waals surface area (Å²) < 4.78 is 38.8. The number of nitrogens with one attached hydrogen (secondary N) is 1. The summed E-state index contributed by atoms with van der Waals surface area (Å²) in [5.74, 6) is -0.546. The molecular formula is C15H20F3N3. The molecule has 0 spiro atoms. The quantitative estimate of drug-likeness (QED) is 0.621. The lowest BCUT2D eigenvalue weighted by Crippen LogP contribution is -2.28. The van der Waals surface area contributed by atoms with Crippen LogP contribution in [-0.2, 0) is 6.18 Å². The zero-order chi connectivity index (χ0) is 15.6. The van der Waals surface area contributed by atoms with Crippen LogP contribution in [0.3, 0.4) is 0 Å². The molecule has 0 atom stereocenters. The maximum Gasteiger partial charge on any atom is 0.417 e. The van der Waals surface area contributed by atoms with Crippen molar-refractivity contribution in [2.75, 3.05) is 11.4 Å². The molecule has 1 saturated carbocycles. The summed E-state index contributed by atoms with van der Waals surface area (Å²) in [4.78, 5) is 2.14. The number of hydrogen-bond donors (Lipinski definition) is 2. The number of amidine groups is 1. The second-order valence-electron chi connectivity index (χ2n) is 5.42. The van der Waals surface area contributed by atoms with Gasteiger partial charge in [0.1, 0.15) is 5.84 Å². The highest BCUT2D eigenvalue weighted by atomic mass is 19.4. The van der Waals surface area contributed by atoms with E-state index in [1.54, 1.807) is 0 Å². The first-order valence-electron chi connectivity index (χ1n) is 7.17. The van der Waals surface area contributed by atoms with Crippen LogP contribution in [0.15, 0.2) is 18.2 Å². The first kappa shape index (κ1) is 15.7. The fourth-order valence-corrected chi connectivity index (χ4v) is 2.42. The van der Waals surface area contributed by atoms with Crippen molar-refractivity contribution in [2.24, 2.45) is 5.73 Å². The van der Waals surface area contributed by atoms with Gasteiger partial charge in [-0.3, -0.25) is 5.41 Å². The van der Waals surface area contributed by atoms with Crippen molar-refractivity contribution in [3.63, 3.8) is 0 Å². The van der Waals surface area contributed by atoms with Crippen LogP contribution in [0.2, 0.25) is 0 Å². The first-order valence-corrected chi connectivity index (χ1v) is 7.17. The molecule has 1 aromatic rings. The third-order valence-corrected chi connectivity index (χ3v) is 3.67. The van der Waals surface area contributed by atoms with Crippen LogP contribution in [-0.4, -0.2) is 18.4 Å². The number of nitrogen functional groups attached to an aromatic ring is 1. The number of nitrogens with zero attached hydrogens (tertiary/aromatic N) is 1. The summed E-state index contributed by atoms with van der Waals surface area (Å²) in [6.45, 7) is 2.91. The van der Waals surface area contributed by atoms with Crippen molar-refractivity contribution < 1.29 is 13.2 Å². The maximum atomic E-state index is 12.9. The number of nitrogens with two attached hydrogens (primary N) is 1. The normalized spacial score (nSPS) is 15.0. The minimum Gasteiger partial charge on any atom is -0.384 e. The van der Waals surface area contributed by atoms with Gasteiger partial charge in [0.05, 0.1) is 5.56 Å². The average Bonchev–Trinajstić information content (AvgIpc) is 3.22. The minimum atomic E-state index is -4.49. The van der Waals surface area contributed by atoms with Gasteiger partial charge in [0.15, 0.2) is 0 Å². The Morgan fingerprint density at radius 2 is 2.05 bits per heavy atom. The van der Waals surface area contributed by atoms with Gasteiger partial charge in [-0.05, 0) is 37.5 Å². The van der Waals surface area contributed by atoms with E-state index in [0.29, 0.717) is 6.04 Å². The molecule has 0 aliphatic heterocycles. The average molecular weight is 299 g/mol. The standard InChI is InChI=1S/C15H20F3N3/c1-2-3-8-21(10-4-5-10)11-6-7-13(15(16,17)18)12(9-11)14(19)20/h6-7,9-10H,2-5,8H2,1H3,(H3,19,20). The molecule has 3 nitrogen and oxygen atoms in total. The summed E-state index contributed by atoms with van der Waals surface area (Å²) in [5, 5.41) is 7.41. The fraction of sp³-hybridized carbons (Fsp3) is 0.533. The zero-order valence-electron chi connectivity index (χ0n) is 12.0. The molecule has 1 aromatic carbocycles. The maximum absolute atomic E-state index is 12.9. The van der Waals surface area contributed by atoms with E-state index in [-0.39, 0.29) is 5.56 Å². The topological polar surface area (TPSA) is 53.1 Å². The van der Waals surface area contributed by atoms with E-state index in [1.165, 1.54) is 12.1 Å². The van der Waals surface area contributed by atoms with Gasteiger partial charge in [-0.15, -0.1) is 0 Å². The highest BCUT2D eigenvalue weighted by molar-refractivity contribution is 5.97. The molecule has 3 N–H and O–H groups in total. The lowest BCUT2D eigenvalue weighted by Gasteiger charge is -2.26. The Kier molecular flexibility index (Phi) is 4.44. The van der Waals surface area contributed by atoms with Gasteiger partial charge in [0, 0.05) is 23.8 Å². The molecule has 116 valence electrons. The van der Waals surface area contributed by atoms with Crippen molar-refractivity contribution in [3.05, 3.63) is 29.3 Å². The Balaban J connectivity index is 2.36. The van der Waals surface area contributed by atoms with Gasteiger partial charge in [-0.25, -0.2) is 0 Å². The SMILES string of the molecule is CCCCN(c1ccc(C(F)(F)F)c(C(=N)N)c1)C1CC1. The number of benzene rings is 1. The van der Waals surface area contributed by atoms with E-state index in [4.69, 9.17) is 11.1 Å². The van der Waals surface area contributed by atoms with E-state index >= 15 is 0 Å². The molecular weight excluding hydrogens is 279 g/mol. The Bertz CT molecular complexity index is 521. The summed E-state index contributed by atoms with van der Waals surface area (Å²) in [7, 11) is 0. The second-order valence-corrected chi connectivity index (χ2v) is 5.42. The minimum absolute atomic E-state index is 0.234. The molecule has 1 aliphatic carbocycles. The van der Waals surface area contributed by atoms with E-state index in [2.05, 4.69) is 11.8 Å². The van der Waals surface area contributed by atoms with Crippen molar-refractivity contribution in [1.82, 2.24) is 0 Å². The van der Waals surface area contributed by atoms with Crippen LogP contribution in [0, 0.1) is 5.41 Å². The molecule has 0 bridgehead atoms. The number of alkyl halides is 3. The largest absolute Gasteiger partial charge is 0.417 e. The summed E-state index contributed by atoms with van der Waals surface area (Å²) in [5.41, 5.74) is 4.99. The van der Waals surface area contributed by atoms with E-state index < -0.39 is 17.6 Å². The third kappa shape index (κ3) is 3.68. The predicted molar refractivity (Wildman–Crippen MR) is 77.7 cm³/mol. The van der Waals surface area contributed by atoms with Crippen LogP contribution in [0.5, 0.6) is 0 Å². The molecule has 0 amide bonds. The van der Waals surface area contributed by atoms with E-state index in [9.17, 15) is 13.2 Å². The van der Waals surface area contributed by atoms with Crippen LogP contribution >= 0.6 is 0 Å². The third-order valence-electron chi connectivity index (χ3n) is 3.67. The zero-order valence-corrected chi connectivity index (χ0v) is 12.0. The van der Waals surface area contributed by atoms with Crippen LogP contribution in [0.25, 0.3) is 0 Å². The van der Waals surface area contributed by atoms with Gasteiger partial charge in [0.2, 0.25) is 0 Å². The molecule has 0 saturated heterocycles. The number of anilines is 1. The monoisotopic (exact) mass is 299 g/mol. The van der Waals surface area contributed by atoms with Crippen molar-refractivity contribution in [3.8, 4) is 0 Å². The molecule has 0 heterocycles. The van der Waals surface area contributed by atoms with Crippen LogP contribution in [0.1, 0.15) is 43.7 Å². The van der Waals surface area contributed by atoms with Gasteiger partial charge >= 0.3 is 6.18 Å². The van der Waals surface area contributed by atoms with Gasteiger partial charge in [-0.2, -0.15) is 13.2 Å². The molecule has 2 rings (SSSR count). The van der Waals surface area contributed by atoms with E-state index in [1.807, 2.05) is 0 Å². The highest BCUT2D eigenvalue weighted by Crippen LogP contribution is 2.37. The number of hydrogen-bond acceptors (Lipinski definition) is 2. The van der Waals surface area contributed by atoms with Crippen LogP contribution in [0.4, 0.5) is 18.9 Å². The number of halogens is 3. The molecule has 6 heteroatoms. The van der Waals surface area contributed by atoms with Crippen LogP contribution < -0.4 is 10.6 Å². The lowest BCUT2D eigenvalue weighted by molar-refractivity contribution is -0.137. The summed E-state index contributed by atoms with van der Waals surface area (Å²) in [6.07, 6.45) is -0.329. The Hall–Kier alpha value is -1.72. The summed E-state index contributed by atoms with van der Waals surface area (Å²) in [6, 6.07) is 4.34.